The molecule has 0 radical (unpaired) electrons. The van der Waals surface area contributed by atoms with E-state index in [-0.39, 0.29) is 16.4 Å². The van der Waals surface area contributed by atoms with E-state index in [0.717, 1.165) is 19.4 Å². The molecule has 4 nitrogen and oxygen atoms in total. The maximum absolute atomic E-state index is 5.82. The van der Waals surface area contributed by atoms with E-state index in [9.17, 15) is 0 Å². The molecule has 1 saturated heterocycles. The van der Waals surface area contributed by atoms with Gasteiger partial charge in [0.25, 0.3) is 0 Å². The first kappa shape index (κ1) is 11.9. The molecule has 2 heterocycles. The van der Waals surface area contributed by atoms with Crippen LogP contribution in [0.4, 0.5) is 0 Å². The second kappa shape index (κ2) is 5.66. The number of ether oxygens (including phenoxy) is 2. The molecule has 1 aromatic heterocycles. The van der Waals surface area contributed by atoms with Crippen molar-refractivity contribution in [3.8, 4) is 5.75 Å². The minimum Gasteiger partial charge on any atom is -0.487 e. The molecule has 0 amide bonds. The lowest BCUT2D eigenvalue weighted by Gasteiger charge is -2.22. The van der Waals surface area contributed by atoms with Crippen molar-refractivity contribution >= 4 is 23.2 Å². The zero-order chi connectivity index (χ0) is 11.4. The van der Waals surface area contributed by atoms with E-state index in [4.69, 9.17) is 32.7 Å². The van der Waals surface area contributed by atoms with Crippen molar-refractivity contribution < 1.29 is 9.47 Å². The van der Waals surface area contributed by atoms with E-state index in [1.54, 1.807) is 6.07 Å². The largest absolute Gasteiger partial charge is 0.487 e. The van der Waals surface area contributed by atoms with Crippen LogP contribution >= 0.6 is 23.2 Å². The standard InChI is InChI=1S/C10H12Cl2N2O2/c11-9-5-8(10(12)14-13-9)16-6-7-3-1-2-4-15-7/h5,7H,1-4,6H2. The van der Waals surface area contributed by atoms with Gasteiger partial charge in [-0.15, -0.1) is 10.2 Å². The van der Waals surface area contributed by atoms with Gasteiger partial charge >= 0.3 is 0 Å². The van der Waals surface area contributed by atoms with E-state index in [1.165, 1.54) is 6.42 Å². The summed E-state index contributed by atoms with van der Waals surface area (Å²) in [6, 6.07) is 1.56. The van der Waals surface area contributed by atoms with Crippen LogP contribution in [0.1, 0.15) is 19.3 Å². The highest BCUT2D eigenvalue weighted by molar-refractivity contribution is 6.32. The van der Waals surface area contributed by atoms with Crippen molar-refractivity contribution in [3.05, 3.63) is 16.4 Å². The number of halogens is 2. The molecule has 0 aliphatic carbocycles. The number of aromatic nitrogens is 2. The molecule has 1 unspecified atom stereocenters. The summed E-state index contributed by atoms with van der Waals surface area (Å²) in [5, 5.41) is 7.76. The Morgan fingerprint density at radius 1 is 1.38 bits per heavy atom. The minimum absolute atomic E-state index is 0.136. The molecular weight excluding hydrogens is 251 g/mol. The van der Waals surface area contributed by atoms with Crippen LogP contribution in [0.3, 0.4) is 0 Å². The van der Waals surface area contributed by atoms with Gasteiger partial charge in [-0.05, 0) is 19.3 Å². The highest BCUT2D eigenvalue weighted by Crippen LogP contribution is 2.24. The fourth-order valence-corrected chi connectivity index (χ4v) is 1.84. The van der Waals surface area contributed by atoms with Crippen LogP contribution < -0.4 is 4.74 Å². The average Bonchev–Trinajstić information content (AvgIpc) is 2.32. The van der Waals surface area contributed by atoms with Crippen LogP contribution in [-0.2, 0) is 4.74 Å². The highest BCUT2D eigenvalue weighted by atomic mass is 35.5. The lowest BCUT2D eigenvalue weighted by molar-refractivity contribution is -0.0111. The topological polar surface area (TPSA) is 44.2 Å². The number of rotatable bonds is 3. The van der Waals surface area contributed by atoms with Crippen molar-refractivity contribution in [1.29, 1.82) is 0 Å². The van der Waals surface area contributed by atoms with Crippen molar-refractivity contribution in [2.75, 3.05) is 13.2 Å². The smallest absolute Gasteiger partial charge is 0.193 e. The van der Waals surface area contributed by atoms with Gasteiger partial charge in [-0.2, -0.15) is 0 Å². The molecule has 1 aliphatic heterocycles. The van der Waals surface area contributed by atoms with E-state index in [0.29, 0.717) is 12.4 Å². The molecule has 6 heteroatoms. The Hall–Kier alpha value is -0.580. The van der Waals surface area contributed by atoms with Gasteiger partial charge in [0.2, 0.25) is 0 Å². The molecule has 88 valence electrons. The van der Waals surface area contributed by atoms with Crippen LogP contribution in [0.15, 0.2) is 6.07 Å². The summed E-state index contributed by atoms with van der Waals surface area (Å²) < 4.78 is 11.0. The van der Waals surface area contributed by atoms with Crippen molar-refractivity contribution in [1.82, 2.24) is 10.2 Å². The average molecular weight is 263 g/mol. The molecule has 0 bridgehead atoms. The fraction of sp³-hybridized carbons (Fsp3) is 0.600. The number of nitrogens with zero attached hydrogens (tertiary/aromatic N) is 2. The van der Waals surface area contributed by atoms with E-state index in [1.807, 2.05) is 0 Å². The summed E-state index contributed by atoms with van der Waals surface area (Å²) in [7, 11) is 0. The van der Waals surface area contributed by atoms with Gasteiger partial charge in [-0.1, -0.05) is 23.2 Å². The molecule has 16 heavy (non-hydrogen) atoms. The van der Waals surface area contributed by atoms with Gasteiger partial charge in [0.05, 0.1) is 6.10 Å². The first-order chi connectivity index (χ1) is 7.75. The van der Waals surface area contributed by atoms with Gasteiger partial charge in [0.15, 0.2) is 16.1 Å². The Morgan fingerprint density at radius 2 is 2.25 bits per heavy atom. The molecule has 0 saturated carbocycles. The summed E-state index contributed by atoms with van der Waals surface area (Å²) in [4.78, 5) is 0. The zero-order valence-electron chi connectivity index (χ0n) is 8.66. The Bertz CT molecular complexity index is 357. The van der Waals surface area contributed by atoms with Gasteiger partial charge in [-0.25, -0.2) is 0 Å². The first-order valence-electron chi connectivity index (χ1n) is 5.19. The molecule has 0 spiro atoms. The predicted octanol–water partition coefficient (Wildman–Crippen LogP) is 2.73. The van der Waals surface area contributed by atoms with Crippen LogP contribution in [0.5, 0.6) is 5.75 Å². The summed E-state index contributed by atoms with van der Waals surface area (Å²) in [6.07, 6.45) is 3.46. The maximum atomic E-state index is 5.82. The molecule has 1 aliphatic rings. The molecule has 0 aromatic carbocycles. The van der Waals surface area contributed by atoms with Crippen LogP contribution in [0, 0.1) is 0 Å². The SMILES string of the molecule is Clc1cc(OCC2CCCCO2)c(Cl)nn1. The third kappa shape index (κ3) is 3.20. The van der Waals surface area contributed by atoms with Crippen LogP contribution in [-0.4, -0.2) is 29.5 Å². The van der Waals surface area contributed by atoms with Crippen molar-refractivity contribution in [3.63, 3.8) is 0 Å². The minimum atomic E-state index is 0.136. The van der Waals surface area contributed by atoms with Gasteiger partial charge in [0, 0.05) is 12.7 Å². The van der Waals surface area contributed by atoms with Crippen LogP contribution in [0.2, 0.25) is 10.3 Å². The van der Waals surface area contributed by atoms with Gasteiger partial charge < -0.3 is 9.47 Å². The molecular formula is C10H12Cl2N2O2. The monoisotopic (exact) mass is 262 g/mol. The molecule has 1 fully saturated rings. The molecule has 1 aromatic rings. The van der Waals surface area contributed by atoms with E-state index < -0.39 is 0 Å². The van der Waals surface area contributed by atoms with Gasteiger partial charge in [-0.3, -0.25) is 0 Å². The second-order valence-electron chi connectivity index (χ2n) is 3.62. The predicted molar refractivity (Wildman–Crippen MR) is 61.1 cm³/mol. The summed E-state index contributed by atoms with van der Waals surface area (Å²) in [5.74, 6) is 0.454. The summed E-state index contributed by atoms with van der Waals surface area (Å²) >= 11 is 11.5. The zero-order valence-corrected chi connectivity index (χ0v) is 10.2. The Kier molecular flexibility index (Phi) is 4.21. The second-order valence-corrected chi connectivity index (χ2v) is 4.37. The summed E-state index contributed by atoms with van der Waals surface area (Å²) in [6.45, 7) is 1.28. The van der Waals surface area contributed by atoms with Crippen molar-refractivity contribution in [2.24, 2.45) is 0 Å². The molecule has 1 atom stereocenters. The Balaban J connectivity index is 1.90. The lowest BCUT2D eigenvalue weighted by atomic mass is 10.1. The molecule has 2 rings (SSSR count). The quantitative estimate of drug-likeness (QED) is 0.841. The van der Waals surface area contributed by atoms with E-state index >= 15 is 0 Å². The number of hydrogen-bond acceptors (Lipinski definition) is 4. The Morgan fingerprint density at radius 3 is 3.00 bits per heavy atom. The van der Waals surface area contributed by atoms with Crippen molar-refractivity contribution in [2.45, 2.75) is 25.4 Å². The first-order valence-corrected chi connectivity index (χ1v) is 5.94. The van der Waals surface area contributed by atoms with Crippen LogP contribution in [0.25, 0.3) is 0 Å². The molecule has 0 N–H and O–H groups in total. The highest BCUT2D eigenvalue weighted by Gasteiger charge is 2.15. The lowest BCUT2D eigenvalue weighted by Crippen LogP contribution is -2.25. The third-order valence-electron chi connectivity index (χ3n) is 2.39. The normalized spacial score (nSPS) is 20.8. The summed E-state index contributed by atoms with van der Waals surface area (Å²) in [5.41, 5.74) is 0. The Labute approximate surface area is 104 Å². The van der Waals surface area contributed by atoms with Gasteiger partial charge in [0.1, 0.15) is 6.61 Å². The fourth-order valence-electron chi connectivity index (χ4n) is 1.56. The van der Waals surface area contributed by atoms with E-state index in [2.05, 4.69) is 10.2 Å². The third-order valence-corrected chi connectivity index (χ3v) is 2.83. The number of hydrogen-bond donors (Lipinski definition) is 0. The maximum Gasteiger partial charge on any atom is 0.193 e.